The second-order valence-electron chi connectivity index (χ2n) is 5.47. The van der Waals surface area contributed by atoms with E-state index >= 15 is 0 Å². The molecule has 0 radical (unpaired) electrons. The molecule has 1 aliphatic heterocycles. The van der Waals surface area contributed by atoms with Gasteiger partial charge in [0.25, 0.3) is 0 Å². The summed E-state index contributed by atoms with van der Waals surface area (Å²) < 4.78 is 6.60. The number of nitrogens with two attached hydrogens (primary N) is 1. The molecule has 2 heterocycles. The molecule has 1 aromatic heterocycles. The highest BCUT2D eigenvalue weighted by Gasteiger charge is 2.28. The van der Waals surface area contributed by atoms with Crippen molar-refractivity contribution in [1.82, 2.24) is 14.8 Å². The summed E-state index contributed by atoms with van der Waals surface area (Å²) in [5, 5.41) is 4.23. The van der Waals surface area contributed by atoms with Gasteiger partial charge in [-0.3, -0.25) is 0 Å². The molecule has 0 aliphatic carbocycles. The molecule has 6 nitrogen and oxygen atoms in total. The summed E-state index contributed by atoms with van der Waals surface area (Å²) in [7, 11) is 1.39. The maximum atomic E-state index is 11.5. The Kier molecular flexibility index (Phi) is 3.37. The lowest BCUT2D eigenvalue weighted by atomic mass is 9.82. The van der Waals surface area contributed by atoms with Crippen molar-refractivity contribution < 1.29 is 9.53 Å². The van der Waals surface area contributed by atoms with E-state index in [4.69, 9.17) is 10.5 Å². The van der Waals surface area contributed by atoms with Crippen LogP contribution in [0.5, 0.6) is 0 Å². The summed E-state index contributed by atoms with van der Waals surface area (Å²) in [5.41, 5.74) is 7.42. The van der Waals surface area contributed by atoms with Crippen molar-refractivity contribution in [2.75, 3.05) is 12.8 Å². The number of hydrogen-bond acceptors (Lipinski definition) is 5. The van der Waals surface area contributed by atoms with Crippen LogP contribution < -0.4 is 5.73 Å². The number of benzene rings is 1. The van der Waals surface area contributed by atoms with Crippen LogP contribution in [0.15, 0.2) is 24.3 Å². The molecular formula is C15H18N4O2. The van der Waals surface area contributed by atoms with Gasteiger partial charge in [-0.2, -0.15) is 4.98 Å². The van der Waals surface area contributed by atoms with E-state index in [2.05, 4.69) is 17.0 Å². The van der Waals surface area contributed by atoms with Crippen molar-refractivity contribution in [1.29, 1.82) is 0 Å². The quantitative estimate of drug-likeness (QED) is 0.848. The molecule has 2 aromatic rings. The maximum Gasteiger partial charge on any atom is 0.337 e. The summed E-state index contributed by atoms with van der Waals surface area (Å²) in [6.07, 6.45) is 0.855. The summed E-state index contributed by atoms with van der Waals surface area (Å²) >= 11 is 0. The van der Waals surface area contributed by atoms with Crippen LogP contribution in [0.3, 0.4) is 0 Å². The number of hydrogen-bond donors (Lipinski definition) is 1. The van der Waals surface area contributed by atoms with Crippen molar-refractivity contribution in [2.24, 2.45) is 5.92 Å². The molecule has 0 saturated carbocycles. The third-order valence-electron chi connectivity index (χ3n) is 4.09. The second-order valence-corrected chi connectivity index (χ2v) is 5.47. The van der Waals surface area contributed by atoms with Crippen LogP contribution >= 0.6 is 0 Å². The Morgan fingerprint density at radius 3 is 2.76 bits per heavy atom. The first-order valence-electron chi connectivity index (χ1n) is 6.96. The van der Waals surface area contributed by atoms with Crippen LogP contribution in [0.25, 0.3) is 0 Å². The standard InChI is InChI=1S/C15H18N4O2/c1-9-7-13-17-15(16)18-19(13)8-12(9)10-3-5-11(6-4-10)14(20)21-2/h3-6,9,12H,7-8H2,1-2H3,(H2,16,18). The first-order chi connectivity index (χ1) is 10.1. The van der Waals surface area contributed by atoms with Gasteiger partial charge in [-0.25, -0.2) is 9.48 Å². The van der Waals surface area contributed by atoms with Gasteiger partial charge in [0.15, 0.2) is 0 Å². The van der Waals surface area contributed by atoms with Gasteiger partial charge in [-0.15, -0.1) is 5.10 Å². The fourth-order valence-corrected chi connectivity index (χ4v) is 2.91. The molecule has 2 atom stereocenters. The van der Waals surface area contributed by atoms with Crippen molar-refractivity contribution in [3.8, 4) is 0 Å². The molecule has 2 unspecified atom stereocenters. The zero-order valence-corrected chi connectivity index (χ0v) is 12.1. The zero-order chi connectivity index (χ0) is 15.0. The van der Waals surface area contributed by atoms with Crippen LogP contribution in [0.4, 0.5) is 5.95 Å². The van der Waals surface area contributed by atoms with Crippen molar-refractivity contribution in [3.63, 3.8) is 0 Å². The molecule has 0 bridgehead atoms. The number of nitrogens with zero attached hydrogens (tertiary/aromatic N) is 3. The predicted molar refractivity (Wildman–Crippen MR) is 77.8 cm³/mol. The SMILES string of the molecule is COC(=O)c1ccc(C2Cn3nc(N)nc3CC2C)cc1. The van der Waals surface area contributed by atoms with Gasteiger partial charge in [0.05, 0.1) is 19.2 Å². The van der Waals surface area contributed by atoms with E-state index in [1.54, 1.807) is 12.1 Å². The molecule has 110 valence electrons. The Morgan fingerprint density at radius 2 is 2.10 bits per heavy atom. The van der Waals surface area contributed by atoms with E-state index in [1.165, 1.54) is 12.7 Å². The van der Waals surface area contributed by atoms with Gasteiger partial charge < -0.3 is 10.5 Å². The monoisotopic (exact) mass is 286 g/mol. The Morgan fingerprint density at radius 1 is 1.38 bits per heavy atom. The number of ether oxygens (including phenoxy) is 1. The smallest absolute Gasteiger partial charge is 0.337 e. The fraction of sp³-hybridized carbons (Fsp3) is 0.400. The number of esters is 1. The van der Waals surface area contributed by atoms with Gasteiger partial charge in [0, 0.05) is 12.3 Å². The largest absolute Gasteiger partial charge is 0.465 e. The predicted octanol–water partition coefficient (Wildman–Crippen LogP) is 1.62. The first kappa shape index (κ1) is 13.6. The molecule has 1 aliphatic rings. The number of methoxy groups -OCH3 is 1. The minimum absolute atomic E-state index is 0.315. The summed E-state index contributed by atoms with van der Waals surface area (Å²) in [6, 6.07) is 7.58. The maximum absolute atomic E-state index is 11.5. The number of carbonyl (C=O) groups excluding carboxylic acids is 1. The zero-order valence-electron chi connectivity index (χ0n) is 12.1. The van der Waals surface area contributed by atoms with Crippen LogP contribution in [0.2, 0.25) is 0 Å². The Labute approximate surface area is 122 Å². The highest BCUT2D eigenvalue weighted by molar-refractivity contribution is 5.89. The Balaban J connectivity index is 1.85. The number of aromatic nitrogens is 3. The van der Waals surface area contributed by atoms with Crippen molar-refractivity contribution in [3.05, 3.63) is 41.2 Å². The van der Waals surface area contributed by atoms with E-state index in [1.807, 2.05) is 16.8 Å². The lowest BCUT2D eigenvalue weighted by Gasteiger charge is -2.29. The van der Waals surface area contributed by atoms with Gasteiger partial charge in [-0.1, -0.05) is 19.1 Å². The van der Waals surface area contributed by atoms with Crippen LogP contribution in [0, 0.1) is 5.92 Å². The normalized spacial score (nSPS) is 20.9. The summed E-state index contributed by atoms with van der Waals surface area (Å²) in [4.78, 5) is 15.7. The lowest BCUT2D eigenvalue weighted by molar-refractivity contribution is 0.0600. The Hall–Kier alpha value is -2.37. The van der Waals surface area contributed by atoms with Crippen molar-refractivity contribution in [2.45, 2.75) is 25.8 Å². The van der Waals surface area contributed by atoms with Crippen LogP contribution in [-0.2, 0) is 17.7 Å². The lowest BCUT2D eigenvalue weighted by Crippen LogP contribution is -2.27. The third-order valence-corrected chi connectivity index (χ3v) is 4.09. The number of rotatable bonds is 2. The van der Waals surface area contributed by atoms with Crippen LogP contribution in [-0.4, -0.2) is 27.8 Å². The number of carbonyl (C=O) groups is 1. The number of anilines is 1. The van der Waals surface area contributed by atoms with E-state index in [9.17, 15) is 4.79 Å². The molecule has 0 spiro atoms. The number of fused-ring (bicyclic) bond motifs is 1. The van der Waals surface area contributed by atoms with Gasteiger partial charge in [-0.05, 0) is 23.6 Å². The molecule has 0 saturated heterocycles. The molecule has 0 fully saturated rings. The molecule has 2 N–H and O–H groups in total. The molecule has 1 aromatic carbocycles. The summed E-state index contributed by atoms with van der Waals surface area (Å²) in [6.45, 7) is 2.96. The fourth-order valence-electron chi connectivity index (χ4n) is 2.91. The number of nitrogen functional groups attached to an aromatic ring is 1. The first-order valence-corrected chi connectivity index (χ1v) is 6.96. The van der Waals surface area contributed by atoms with Gasteiger partial charge in [0.1, 0.15) is 5.82 Å². The van der Waals surface area contributed by atoms with Crippen molar-refractivity contribution >= 4 is 11.9 Å². The minimum Gasteiger partial charge on any atom is -0.465 e. The highest BCUT2D eigenvalue weighted by atomic mass is 16.5. The van der Waals surface area contributed by atoms with E-state index in [-0.39, 0.29) is 5.97 Å². The molecule has 0 amide bonds. The molecule has 3 rings (SSSR count). The Bertz CT molecular complexity index is 663. The van der Waals surface area contributed by atoms with E-state index < -0.39 is 0 Å². The topological polar surface area (TPSA) is 83.0 Å². The third kappa shape index (κ3) is 2.49. The van der Waals surface area contributed by atoms with Crippen LogP contribution in [0.1, 0.15) is 34.6 Å². The second kappa shape index (κ2) is 5.20. The molecule has 6 heteroatoms. The van der Waals surface area contributed by atoms with E-state index in [0.29, 0.717) is 23.3 Å². The average Bonchev–Trinajstić information content (AvgIpc) is 2.85. The van der Waals surface area contributed by atoms with E-state index in [0.717, 1.165) is 18.8 Å². The molecule has 21 heavy (non-hydrogen) atoms. The highest BCUT2D eigenvalue weighted by Crippen LogP contribution is 2.33. The molecular weight excluding hydrogens is 268 g/mol. The minimum atomic E-state index is -0.315. The summed E-state index contributed by atoms with van der Waals surface area (Å²) in [5.74, 6) is 1.75. The van der Waals surface area contributed by atoms with Gasteiger partial charge in [0.2, 0.25) is 5.95 Å². The average molecular weight is 286 g/mol. The van der Waals surface area contributed by atoms with Gasteiger partial charge >= 0.3 is 5.97 Å².